The van der Waals surface area contributed by atoms with Crippen LogP contribution in [-0.2, 0) is 17.8 Å². The van der Waals surface area contributed by atoms with Gasteiger partial charge < -0.3 is 20.5 Å². The number of nitrogens with one attached hydrogen (secondary N) is 2. The molecule has 5 nitrogen and oxygen atoms in total. The Morgan fingerprint density at radius 2 is 1.83 bits per heavy atom. The summed E-state index contributed by atoms with van der Waals surface area (Å²) in [7, 11) is 0. The molecule has 0 aliphatic carbocycles. The summed E-state index contributed by atoms with van der Waals surface area (Å²) in [5.74, 6) is 0. The van der Waals surface area contributed by atoms with E-state index < -0.39 is 0 Å². The summed E-state index contributed by atoms with van der Waals surface area (Å²) in [6.45, 7) is 1.30. The van der Waals surface area contributed by atoms with Crippen molar-refractivity contribution in [1.29, 1.82) is 0 Å². The quantitative estimate of drug-likeness (QED) is 0.656. The normalized spacial score (nSPS) is 10.3. The van der Waals surface area contributed by atoms with Crippen molar-refractivity contribution in [1.82, 2.24) is 5.32 Å². The Hall–Kier alpha value is -2.37. The van der Waals surface area contributed by atoms with Crippen molar-refractivity contribution in [3.05, 3.63) is 65.7 Å². The van der Waals surface area contributed by atoms with Crippen molar-refractivity contribution < 1.29 is 14.6 Å². The summed E-state index contributed by atoms with van der Waals surface area (Å²) in [5.41, 5.74) is 2.95. The Balaban J connectivity index is 1.75. The van der Waals surface area contributed by atoms with Crippen LogP contribution in [0.15, 0.2) is 54.6 Å². The molecule has 5 heteroatoms. The minimum absolute atomic E-state index is 0.0806. The highest BCUT2D eigenvalue weighted by Gasteiger charge is 2.02. The highest BCUT2D eigenvalue weighted by Crippen LogP contribution is 2.12. The predicted octanol–water partition coefficient (Wildman–Crippen LogP) is 2.56. The van der Waals surface area contributed by atoms with E-state index in [4.69, 9.17) is 9.84 Å². The van der Waals surface area contributed by atoms with E-state index in [1.165, 1.54) is 5.56 Å². The van der Waals surface area contributed by atoms with Crippen LogP contribution in [-0.4, -0.2) is 30.9 Å². The minimum atomic E-state index is -0.332. The molecule has 2 rings (SSSR count). The van der Waals surface area contributed by atoms with Gasteiger partial charge in [-0.15, -0.1) is 0 Å². The lowest BCUT2D eigenvalue weighted by Gasteiger charge is -2.09. The fourth-order valence-corrected chi connectivity index (χ4v) is 2.11. The number of carbonyl (C=O) groups excluding carboxylic acids is 1. The third-order valence-electron chi connectivity index (χ3n) is 3.23. The van der Waals surface area contributed by atoms with Crippen LogP contribution in [0.3, 0.4) is 0 Å². The lowest BCUT2D eigenvalue weighted by molar-refractivity contribution is 0.124. The summed E-state index contributed by atoms with van der Waals surface area (Å²) in [4.78, 5) is 11.5. The van der Waals surface area contributed by atoms with Crippen molar-refractivity contribution in [2.45, 2.75) is 13.0 Å². The number of hydrogen-bond donors (Lipinski definition) is 3. The Morgan fingerprint density at radius 3 is 2.61 bits per heavy atom. The van der Waals surface area contributed by atoms with E-state index in [9.17, 15) is 4.79 Å². The number of carbonyl (C=O) groups is 1. The molecule has 0 unspecified atom stereocenters. The minimum Gasteiger partial charge on any atom is -0.395 e. The average Bonchev–Trinajstić information content (AvgIpc) is 2.58. The highest BCUT2D eigenvalue weighted by atomic mass is 16.5. The van der Waals surface area contributed by atoms with Crippen molar-refractivity contribution in [2.75, 3.05) is 25.1 Å². The fourth-order valence-electron chi connectivity index (χ4n) is 2.11. The van der Waals surface area contributed by atoms with Crippen molar-refractivity contribution in [3.8, 4) is 0 Å². The van der Waals surface area contributed by atoms with E-state index in [2.05, 4.69) is 22.8 Å². The summed E-state index contributed by atoms with van der Waals surface area (Å²) in [6.07, 6.45) is 0.877. The number of benzene rings is 2. The molecule has 0 bridgehead atoms. The summed E-state index contributed by atoms with van der Waals surface area (Å²) >= 11 is 0. The molecule has 0 fully saturated rings. The van der Waals surface area contributed by atoms with Gasteiger partial charge >= 0.3 is 6.03 Å². The molecule has 0 heterocycles. The van der Waals surface area contributed by atoms with Gasteiger partial charge in [0.1, 0.15) is 0 Å². The van der Waals surface area contributed by atoms with Gasteiger partial charge in [-0.25, -0.2) is 4.79 Å². The molecule has 23 heavy (non-hydrogen) atoms. The predicted molar refractivity (Wildman–Crippen MR) is 90.4 cm³/mol. The van der Waals surface area contributed by atoms with Crippen molar-refractivity contribution in [2.24, 2.45) is 0 Å². The summed E-state index contributed by atoms with van der Waals surface area (Å²) < 4.78 is 5.69. The molecule has 0 saturated carbocycles. The number of ether oxygens (including phenoxy) is 1. The standard InChI is InChI=1S/C18H22N2O3/c21-11-10-19-18(22)20-17-8-4-7-16(13-17)14-23-12-9-15-5-2-1-3-6-15/h1-8,13,21H,9-12,14H2,(H2,19,20,22). The van der Waals surface area contributed by atoms with Gasteiger partial charge in [-0.05, 0) is 29.7 Å². The second-order valence-corrected chi connectivity index (χ2v) is 5.09. The molecular weight excluding hydrogens is 292 g/mol. The lowest BCUT2D eigenvalue weighted by atomic mass is 10.2. The molecule has 0 aliphatic rings. The maximum absolute atomic E-state index is 11.5. The number of amides is 2. The molecule has 3 N–H and O–H groups in total. The third kappa shape index (κ3) is 6.50. The highest BCUT2D eigenvalue weighted by molar-refractivity contribution is 5.89. The maximum atomic E-state index is 11.5. The average molecular weight is 314 g/mol. The smallest absolute Gasteiger partial charge is 0.319 e. The first-order valence-corrected chi connectivity index (χ1v) is 7.64. The van der Waals surface area contributed by atoms with Crippen LogP contribution in [0.2, 0.25) is 0 Å². The van der Waals surface area contributed by atoms with Crippen LogP contribution < -0.4 is 10.6 Å². The molecule has 0 aromatic heterocycles. The van der Waals surface area contributed by atoms with Crippen LogP contribution in [0.1, 0.15) is 11.1 Å². The number of anilines is 1. The van der Waals surface area contributed by atoms with Gasteiger partial charge in [0.25, 0.3) is 0 Å². The Bertz CT molecular complexity index is 602. The van der Waals surface area contributed by atoms with Gasteiger partial charge in [0, 0.05) is 12.2 Å². The van der Waals surface area contributed by atoms with E-state index in [1.54, 1.807) is 0 Å². The van der Waals surface area contributed by atoms with Gasteiger partial charge in [0.2, 0.25) is 0 Å². The zero-order valence-corrected chi connectivity index (χ0v) is 13.0. The maximum Gasteiger partial charge on any atom is 0.319 e. The molecule has 0 atom stereocenters. The van der Waals surface area contributed by atoms with E-state index in [1.807, 2.05) is 42.5 Å². The molecule has 0 aliphatic heterocycles. The Morgan fingerprint density at radius 1 is 1.04 bits per heavy atom. The number of hydrogen-bond acceptors (Lipinski definition) is 3. The van der Waals surface area contributed by atoms with Crippen LogP contribution in [0.4, 0.5) is 10.5 Å². The van der Waals surface area contributed by atoms with Gasteiger partial charge in [-0.2, -0.15) is 0 Å². The van der Waals surface area contributed by atoms with E-state index in [0.29, 0.717) is 18.9 Å². The topological polar surface area (TPSA) is 70.6 Å². The van der Waals surface area contributed by atoms with E-state index in [0.717, 1.165) is 12.0 Å². The second kappa shape index (κ2) is 9.61. The number of aliphatic hydroxyl groups excluding tert-OH is 1. The van der Waals surface area contributed by atoms with Crippen LogP contribution in [0.5, 0.6) is 0 Å². The van der Waals surface area contributed by atoms with Crippen molar-refractivity contribution >= 4 is 11.7 Å². The zero-order valence-electron chi connectivity index (χ0n) is 13.0. The number of aliphatic hydroxyl groups is 1. The van der Waals surface area contributed by atoms with E-state index in [-0.39, 0.29) is 19.2 Å². The third-order valence-corrected chi connectivity index (χ3v) is 3.23. The molecule has 0 saturated heterocycles. The number of urea groups is 1. The first-order chi connectivity index (χ1) is 11.3. The van der Waals surface area contributed by atoms with Crippen LogP contribution in [0, 0.1) is 0 Å². The number of rotatable bonds is 8. The lowest BCUT2D eigenvalue weighted by Crippen LogP contribution is -2.30. The van der Waals surface area contributed by atoms with Gasteiger partial charge in [-0.1, -0.05) is 42.5 Å². The molecule has 0 radical (unpaired) electrons. The van der Waals surface area contributed by atoms with Crippen LogP contribution >= 0.6 is 0 Å². The molecule has 122 valence electrons. The Kier molecular flexibility index (Phi) is 7.10. The van der Waals surface area contributed by atoms with Gasteiger partial charge in [0.05, 0.1) is 19.8 Å². The Labute approximate surface area is 136 Å². The first kappa shape index (κ1) is 17.0. The monoisotopic (exact) mass is 314 g/mol. The second-order valence-electron chi connectivity index (χ2n) is 5.09. The molecule has 2 aromatic carbocycles. The van der Waals surface area contributed by atoms with Crippen molar-refractivity contribution in [3.63, 3.8) is 0 Å². The van der Waals surface area contributed by atoms with Gasteiger partial charge in [0.15, 0.2) is 0 Å². The summed E-state index contributed by atoms with van der Waals surface area (Å²) in [5, 5.41) is 13.9. The SMILES string of the molecule is O=C(NCCO)Nc1cccc(COCCc2ccccc2)c1. The van der Waals surface area contributed by atoms with E-state index >= 15 is 0 Å². The zero-order chi connectivity index (χ0) is 16.3. The molecule has 2 amide bonds. The van der Waals surface area contributed by atoms with Crippen LogP contribution in [0.25, 0.3) is 0 Å². The largest absolute Gasteiger partial charge is 0.395 e. The first-order valence-electron chi connectivity index (χ1n) is 7.64. The fraction of sp³-hybridized carbons (Fsp3) is 0.278. The molecule has 2 aromatic rings. The molecular formula is C18H22N2O3. The summed E-state index contributed by atoms with van der Waals surface area (Å²) in [6, 6.07) is 17.4. The van der Waals surface area contributed by atoms with Gasteiger partial charge in [-0.3, -0.25) is 0 Å². The molecule has 0 spiro atoms.